The summed E-state index contributed by atoms with van der Waals surface area (Å²) in [6, 6.07) is 0. The van der Waals surface area contributed by atoms with Crippen molar-refractivity contribution in [2.45, 2.75) is 65.8 Å². The first-order valence-corrected chi connectivity index (χ1v) is 5.87. The van der Waals surface area contributed by atoms with Gasteiger partial charge >= 0.3 is 0 Å². The summed E-state index contributed by atoms with van der Waals surface area (Å²) in [6.45, 7) is 12.2. The van der Waals surface area contributed by atoms with E-state index >= 15 is 0 Å². The standard InChI is InChI=1S/C12H25NO3/c1-7-14-10-15-8(11(2,3)4)9(16-10)12(5,6)13/h8-10H,7,13H2,1-6H3/t8-,9?,10?/m1/s1. The fourth-order valence-corrected chi connectivity index (χ4v) is 1.85. The van der Waals surface area contributed by atoms with E-state index < -0.39 is 12.0 Å². The van der Waals surface area contributed by atoms with Gasteiger partial charge in [0.25, 0.3) is 6.48 Å². The molecule has 0 radical (unpaired) electrons. The van der Waals surface area contributed by atoms with Crippen LogP contribution in [0, 0.1) is 5.41 Å². The molecule has 1 aliphatic rings. The lowest BCUT2D eigenvalue weighted by Crippen LogP contribution is -2.53. The second-order valence-electron chi connectivity index (χ2n) is 6.04. The number of rotatable bonds is 3. The van der Waals surface area contributed by atoms with Crippen LogP contribution in [0.25, 0.3) is 0 Å². The first-order valence-electron chi connectivity index (χ1n) is 5.87. The van der Waals surface area contributed by atoms with E-state index in [0.717, 1.165) is 0 Å². The van der Waals surface area contributed by atoms with Crippen LogP contribution in [0.3, 0.4) is 0 Å². The average Bonchev–Trinajstić information content (AvgIpc) is 2.47. The van der Waals surface area contributed by atoms with Gasteiger partial charge < -0.3 is 19.9 Å². The van der Waals surface area contributed by atoms with Crippen molar-refractivity contribution in [3.05, 3.63) is 0 Å². The van der Waals surface area contributed by atoms with Gasteiger partial charge in [0.2, 0.25) is 0 Å². The van der Waals surface area contributed by atoms with Gasteiger partial charge in [-0.3, -0.25) is 0 Å². The molecule has 0 spiro atoms. The molecule has 1 rings (SSSR count). The Kier molecular flexibility index (Phi) is 4.00. The average molecular weight is 231 g/mol. The number of nitrogens with two attached hydrogens (primary N) is 1. The summed E-state index contributed by atoms with van der Waals surface area (Å²) in [5.74, 6) is 0. The molecule has 0 bridgehead atoms. The van der Waals surface area contributed by atoms with Crippen LogP contribution in [-0.4, -0.2) is 30.8 Å². The molecule has 1 heterocycles. The summed E-state index contributed by atoms with van der Waals surface area (Å²) < 4.78 is 16.9. The van der Waals surface area contributed by atoms with E-state index in [1.54, 1.807) is 0 Å². The lowest BCUT2D eigenvalue weighted by Gasteiger charge is -2.35. The third-order valence-electron chi connectivity index (χ3n) is 2.68. The van der Waals surface area contributed by atoms with Gasteiger partial charge in [0.1, 0.15) is 6.10 Å². The van der Waals surface area contributed by atoms with Gasteiger partial charge in [-0.15, -0.1) is 0 Å². The van der Waals surface area contributed by atoms with Crippen LogP contribution in [-0.2, 0) is 14.2 Å². The fourth-order valence-electron chi connectivity index (χ4n) is 1.85. The molecule has 4 nitrogen and oxygen atoms in total. The third kappa shape index (κ3) is 3.17. The maximum atomic E-state index is 6.13. The molecule has 0 aliphatic carbocycles. The highest BCUT2D eigenvalue weighted by molar-refractivity contribution is 4.96. The molecule has 3 atom stereocenters. The van der Waals surface area contributed by atoms with Crippen molar-refractivity contribution in [1.29, 1.82) is 0 Å². The highest BCUT2D eigenvalue weighted by Gasteiger charge is 2.48. The lowest BCUT2D eigenvalue weighted by molar-refractivity contribution is -0.246. The van der Waals surface area contributed by atoms with Gasteiger partial charge in [-0.2, -0.15) is 0 Å². The minimum absolute atomic E-state index is 0.0207. The van der Waals surface area contributed by atoms with Gasteiger partial charge in [-0.05, 0) is 26.2 Å². The SMILES string of the molecule is CCOC1OC(C(C)(C)N)[C@H](C(C)(C)C)O1. The third-order valence-corrected chi connectivity index (χ3v) is 2.68. The maximum Gasteiger partial charge on any atom is 0.272 e. The topological polar surface area (TPSA) is 53.7 Å². The molecule has 0 aromatic heterocycles. The van der Waals surface area contributed by atoms with Crippen molar-refractivity contribution in [3.8, 4) is 0 Å². The van der Waals surface area contributed by atoms with Gasteiger partial charge in [0.15, 0.2) is 0 Å². The molecule has 0 aromatic carbocycles. The van der Waals surface area contributed by atoms with Crippen molar-refractivity contribution < 1.29 is 14.2 Å². The molecule has 1 fully saturated rings. The van der Waals surface area contributed by atoms with Crippen LogP contribution >= 0.6 is 0 Å². The normalized spacial score (nSPS) is 32.1. The summed E-state index contributed by atoms with van der Waals surface area (Å²) in [7, 11) is 0. The molecular formula is C12H25NO3. The molecule has 0 aromatic rings. The molecule has 2 unspecified atom stereocenters. The Morgan fingerprint density at radius 2 is 1.56 bits per heavy atom. The zero-order chi connectivity index (χ0) is 12.6. The van der Waals surface area contributed by atoms with Crippen LogP contribution in [0.15, 0.2) is 0 Å². The zero-order valence-corrected chi connectivity index (χ0v) is 11.2. The number of hydrogen-bond acceptors (Lipinski definition) is 4. The number of hydrogen-bond donors (Lipinski definition) is 1. The predicted molar refractivity (Wildman–Crippen MR) is 62.9 cm³/mol. The van der Waals surface area contributed by atoms with E-state index in [1.165, 1.54) is 0 Å². The molecule has 1 aliphatic heterocycles. The minimum Gasteiger partial charge on any atom is -0.330 e. The van der Waals surface area contributed by atoms with Crippen molar-refractivity contribution in [3.63, 3.8) is 0 Å². The minimum atomic E-state index is -0.581. The second kappa shape index (κ2) is 4.61. The molecule has 96 valence electrons. The molecule has 0 amide bonds. The Morgan fingerprint density at radius 1 is 1.06 bits per heavy atom. The van der Waals surface area contributed by atoms with E-state index in [1.807, 2.05) is 20.8 Å². The zero-order valence-electron chi connectivity index (χ0n) is 11.2. The Labute approximate surface area is 98.4 Å². The molecule has 0 saturated carbocycles. The van der Waals surface area contributed by atoms with Crippen molar-refractivity contribution in [1.82, 2.24) is 0 Å². The van der Waals surface area contributed by atoms with E-state index in [4.69, 9.17) is 19.9 Å². The van der Waals surface area contributed by atoms with Crippen molar-refractivity contribution in [2.24, 2.45) is 11.1 Å². The summed E-state index contributed by atoms with van der Waals surface area (Å²) in [4.78, 5) is 0. The van der Waals surface area contributed by atoms with Crippen LogP contribution in [0.2, 0.25) is 0 Å². The summed E-state index contributed by atoms with van der Waals surface area (Å²) in [5, 5.41) is 0. The fraction of sp³-hybridized carbons (Fsp3) is 1.00. The maximum absolute atomic E-state index is 6.13. The monoisotopic (exact) mass is 231 g/mol. The van der Waals surface area contributed by atoms with Gasteiger partial charge in [0.05, 0.1) is 6.10 Å². The smallest absolute Gasteiger partial charge is 0.272 e. The lowest BCUT2D eigenvalue weighted by atomic mass is 9.80. The molecule has 16 heavy (non-hydrogen) atoms. The summed E-state index contributed by atoms with van der Waals surface area (Å²) >= 11 is 0. The van der Waals surface area contributed by atoms with E-state index in [2.05, 4.69) is 20.8 Å². The first kappa shape index (κ1) is 13.9. The molecule has 2 N–H and O–H groups in total. The predicted octanol–water partition coefficient (Wildman–Crippen LogP) is 1.87. The summed E-state index contributed by atoms with van der Waals surface area (Å²) in [5.41, 5.74) is 5.66. The van der Waals surface area contributed by atoms with Gasteiger partial charge in [-0.1, -0.05) is 20.8 Å². The first-order chi connectivity index (χ1) is 7.16. The highest BCUT2D eigenvalue weighted by atomic mass is 16.9. The molecule has 1 saturated heterocycles. The summed E-state index contributed by atoms with van der Waals surface area (Å²) in [6.07, 6.45) is -0.201. The van der Waals surface area contributed by atoms with Crippen molar-refractivity contribution in [2.75, 3.05) is 6.61 Å². The Balaban J connectivity index is 2.80. The Bertz CT molecular complexity index is 207. The molecular weight excluding hydrogens is 206 g/mol. The Hall–Kier alpha value is -0.160. The van der Waals surface area contributed by atoms with E-state index in [0.29, 0.717) is 6.61 Å². The van der Waals surface area contributed by atoms with E-state index in [-0.39, 0.29) is 17.6 Å². The largest absolute Gasteiger partial charge is 0.330 e. The van der Waals surface area contributed by atoms with Gasteiger partial charge in [-0.25, -0.2) is 0 Å². The molecule has 4 heteroatoms. The van der Waals surface area contributed by atoms with Crippen LogP contribution < -0.4 is 5.73 Å². The number of ether oxygens (including phenoxy) is 3. The van der Waals surface area contributed by atoms with Gasteiger partial charge in [0, 0.05) is 12.1 Å². The van der Waals surface area contributed by atoms with Crippen LogP contribution in [0.1, 0.15) is 41.5 Å². The highest BCUT2D eigenvalue weighted by Crippen LogP contribution is 2.37. The quantitative estimate of drug-likeness (QED) is 0.805. The second-order valence-corrected chi connectivity index (χ2v) is 6.04. The van der Waals surface area contributed by atoms with Crippen molar-refractivity contribution >= 4 is 0 Å². The van der Waals surface area contributed by atoms with Crippen LogP contribution in [0.4, 0.5) is 0 Å². The van der Waals surface area contributed by atoms with E-state index in [9.17, 15) is 0 Å². The Morgan fingerprint density at radius 3 is 1.88 bits per heavy atom. The van der Waals surface area contributed by atoms with Crippen LogP contribution in [0.5, 0.6) is 0 Å².